The first-order valence-electron chi connectivity index (χ1n) is 7.80. The summed E-state index contributed by atoms with van der Waals surface area (Å²) < 4.78 is 0. The van der Waals surface area contributed by atoms with Crippen molar-refractivity contribution in [3.63, 3.8) is 0 Å². The number of thioether (sulfide) groups is 2. The number of rotatable bonds is 10. The Balaban J connectivity index is 1.63. The van der Waals surface area contributed by atoms with Gasteiger partial charge in [-0.3, -0.25) is 5.41 Å². The highest BCUT2D eigenvalue weighted by molar-refractivity contribution is 7.98. The van der Waals surface area contributed by atoms with E-state index in [-0.39, 0.29) is 5.96 Å². The molecule has 0 amide bonds. The lowest BCUT2D eigenvalue weighted by Gasteiger charge is -2.22. The zero-order chi connectivity index (χ0) is 17.4. The van der Waals surface area contributed by atoms with Gasteiger partial charge in [-0.2, -0.15) is 23.5 Å². The first kappa shape index (κ1) is 18.7. The van der Waals surface area contributed by atoms with Crippen LogP contribution in [-0.2, 0) is 11.5 Å². The molecule has 0 aliphatic rings. The molecule has 0 aliphatic carbocycles. The first-order valence-corrected chi connectivity index (χ1v) is 10.1. The Hall–Kier alpha value is -1.61. The number of imidazole rings is 2. The van der Waals surface area contributed by atoms with Gasteiger partial charge in [0.05, 0.1) is 24.0 Å². The predicted octanol–water partition coefficient (Wildman–Crippen LogP) is 2.11. The Morgan fingerprint density at radius 3 is 1.83 bits per heavy atom. The van der Waals surface area contributed by atoms with E-state index in [4.69, 9.17) is 11.1 Å². The van der Waals surface area contributed by atoms with Gasteiger partial charge in [-0.15, -0.1) is 0 Å². The molecule has 0 saturated heterocycles. The number of nitrogens with one attached hydrogen (secondary N) is 3. The average molecular weight is 368 g/mol. The summed E-state index contributed by atoms with van der Waals surface area (Å²) in [6, 6.07) is 0. The minimum absolute atomic E-state index is 0.142. The fourth-order valence-electron chi connectivity index (χ4n) is 2.11. The average Bonchev–Trinajstić information content (AvgIpc) is 3.14. The molecular formula is C15H25N7S2. The van der Waals surface area contributed by atoms with E-state index in [1.165, 1.54) is 0 Å². The van der Waals surface area contributed by atoms with E-state index in [1.807, 2.05) is 42.3 Å². The van der Waals surface area contributed by atoms with Crippen LogP contribution in [0.3, 0.4) is 0 Å². The van der Waals surface area contributed by atoms with Crippen LogP contribution in [-0.4, -0.2) is 55.4 Å². The molecular weight excluding hydrogens is 342 g/mol. The Morgan fingerprint density at radius 1 is 1.04 bits per heavy atom. The minimum atomic E-state index is 0.142. The number of nitrogens with zero attached hydrogens (tertiary/aromatic N) is 3. The maximum Gasteiger partial charge on any atom is 0.188 e. The van der Waals surface area contributed by atoms with Crippen LogP contribution in [0.25, 0.3) is 0 Å². The van der Waals surface area contributed by atoms with Crippen LogP contribution in [0.2, 0.25) is 0 Å². The van der Waals surface area contributed by atoms with Gasteiger partial charge in [-0.25, -0.2) is 9.97 Å². The van der Waals surface area contributed by atoms with E-state index in [2.05, 4.69) is 19.9 Å². The Bertz CT molecular complexity index is 589. The highest BCUT2D eigenvalue weighted by Gasteiger charge is 2.08. The molecule has 0 atom stereocenters. The molecule has 7 nitrogen and oxygen atoms in total. The van der Waals surface area contributed by atoms with Crippen molar-refractivity contribution in [3.8, 4) is 0 Å². The lowest BCUT2D eigenvalue weighted by atomic mass is 10.4. The third-order valence-electron chi connectivity index (χ3n) is 3.70. The van der Waals surface area contributed by atoms with Crippen LogP contribution in [0.4, 0.5) is 0 Å². The van der Waals surface area contributed by atoms with Crippen molar-refractivity contribution in [2.45, 2.75) is 25.4 Å². The molecule has 0 aromatic carbocycles. The van der Waals surface area contributed by atoms with Gasteiger partial charge in [0.25, 0.3) is 0 Å². The third-order valence-corrected chi connectivity index (χ3v) is 5.60. The van der Waals surface area contributed by atoms with E-state index in [0.717, 1.165) is 58.9 Å². The lowest BCUT2D eigenvalue weighted by Crippen LogP contribution is -2.39. The number of nitrogens with two attached hydrogens (primary N) is 1. The van der Waals surface area contributed by atoms with E-state index >= 15 is 0 Å². The fourth-order valence-corrected chi connectivity index (χ4v) is 4.06. The molecule has 2 aromatic heterocycles. The summed E-state index contributed by atoms with van der Waals surface area (Å²) in [4.78, 5) is 16.7. The molecule has 2 aromatic rings. The van der Waals surface area contributed by atoms with Crippen molar-refractivity contribution in [3.05, 3.63) is 35.4 Å². The molecule has 5 N–H and O–H groups in total. The fraction of sp³-hybridized carbons (Fsp3) is 0.533. The zero-order valence-electron chi connectivity index (χ0n) is 14.1. The minimum Gasteiger partial charge on any atom is -0.370 e. The lowest BCUT2D eigenvalue weighted by molar-refractivity contribution is 0.464. The summed E-state index contributed by atoms with van der Waals surface area (Å²) in [5.41, 5.74) is 10.1. The second kappa shape index (κ2) is 9.63. The molecule has 132 valence electrons. The maximum absolute atomic E-state index is 7.72. The number of aromatic nitrogens is 4. The number of H-pyrrole nitrogens is 2. The summed E-state index contributed by atoms with van der Waals surface area (Å²) in [6.45, 7) is 5.63. The van der Waals surface area contributed by atoms with Crippen molar-refractivity contribution in [1.82, 2.24) is 24.8 Å². The van der Waals surface area contributed by atoms with E-state index in [1.54, 1.807) is 12.7 Å². The summed E-state index contributed by atoms with van der Waals surface area (Å²) >= 11 is 3.63. The molecule has 0 bridgehead atoms. The van der Waals surface area contributed by atoms with Crippen molar-refractivity contribution >= 4 is 29.5 Å². The highest BCUT2D eigenvalue weighted by atomic mass is 32.2. The smallest absolute Gasteiger partial charge is 0.188 e. The molecule has 0 spiro atoms. The van der Waals surface area contributed by atoms with Gasteiger partial charge in [0, 0.05) is 47.5 Å². The molecule has 0 aliphatic heterocycles. The van der Waals surface area contributed by atoms with Gasteiger partial charge in [-0.05, 0) is 13.8 Å². The monoisotopic (exact) mass is 367 g/mol. The van der Waals surface area contributed by atoms with Crippen LogP contribution in [0.5, 0.6) is 0 Å². The van der Waals surface area contributed by atoms with Gasteiger partial charge in [0.2, 0.25) is 0 Å². The highest BCUT2D eigenvalue weighted by Crippen LogP contribution is 2.14. The number of hydrogen-bond donors (Lipinski definition) is 4. The van der Waals surface area contributed by atoms with Gasteiger partial charge in [0.1, 0.15) is 0 Å². The van der Waals surface area contributed by atoms with Gasteiger partial charge in [-0.1, -0.05) is 0 Å². The summed E-state index contributed by atoms with van der Waals surface area (Å²) in [6.07, 6.45) is 3.46. The van der Waals surface area contributed by atoms with Crippen LogP contribution in [0.15, 0.2) is 12.7 Å². The summed E-state index contributed by atoms with van der Waals surface area (Å²) in [5.74, 6) is 3.76. The molecule has 2 heterocycles. The van der Waals surface area contributed by atoms with Crippen LogP contribution in [0, 0.1) is 19.3 Å². The number of guanidine groups is 1. The molecule has 2 rings (SSSR count). The van der Waals surface area contributed by atoms with E-state index in [0.29, 0.717) is 0 Å². The molecule has 9 heteroatoms. The number of hydrogen-bond acceptors (Lipinski definition) is 5. The predicted molar refractivity (Wildman–Crippen MR) is 102 cm³/mol. The summed E-state index contributed by atoms with van der Waals surface area (Å²) in [7, 11) is 0. The van der Waals surface area contributed by atoms with Crippen molar-refractivity contribution in [2.75, 3.05) is 24.6 Å². The quantitative estimate of drug-likeness (QED) is 0.291. The van der Waals surface area contributed by atoms with E-state index in [9.17, 15) is 0 Å². The van der Waals surface area contributed by atoms with Crippen LogP contribution in [0.1, 0.15) is 22.8 Å². The third kappa shape index (κ3) is 5.79. The Morgan fingerprint density at radius 2 is 1.50 bits per heavy atom. The van der Waals surface area contributed by atoms with Gasteiger partial charge < -0.3 is 20.6 Å². The zero-order valence-corrected chi connectivity index (χ0v) is 15.8. The molecule has 0 saturated carbocycles. The normalized spacial score (nSPS) is 10.9. The van der Waals surface area contributed by atoms with Gasteiger partial charge in [0.15, 0.2) is 5.96 Å². The summed E-state index contributed by atoms with van der Waals surface area (Å²) in [5, 5.41) is 7.72. The largest absolute Gasteiger partial charge is 0.370 e. The van der Waals surface area contributed by atoms with Gasteiger partial charge >= 0.3 is 0 Å². The number of aromatic amines is 2. The maximum atomic E-state index is 7.72. The van der Waals surface area contributed by atoms with Crippen molar-refractivity contribution in [2.24, 2.45) is 5.73 Å². The van der Waals surface area contributed by atoms with Crippen molar-refractivity contribution in [1.29, 1.82) is 5.41 Å². The molecule has 0 radical (unpaired) electrons. The topological polar surface area (TPSA) is 110 Å². The Kier molecular flexibility index (Phi) is 7.51. The second-order valence-corrected chi connectivity index (χ2v) is 7.64. The Labute approximate surface area is 151 Å². The molecule has 0 fully saturated rings. The SMILES string of the molecule is Cc1[nH]cnc1CSCCN(CCSCc1nc[nH]c1C)C(=N)N. The molecule has 0 unspecified atom stereocenters. The van der Waals surface area contributed by atoms with E-state index < -0.39 is 0 Å². The van der Waals surface area contributed by atoms with Crippen LogP contribution >= 0.6 is 23.5 Å². The second-order valence-electron chi connectivity index (χ2n) is 5.43. The van der Waals surface area contributed by atoms with Crippen molar-refractivity contribution < 1.29 is 0 Å². The van der Waals surface area contributed by atoms with Crippen LogP contribution < -0.4 is 5.73 Å². The first-order chi connectivity index (χ1) is 11.6. The molecule has 24 heavy (non-hydrogen) atoms. The number of aryl methyl sites for hydroxylation is 2. The standard InChI is InChI=1S/C15H25N7S2/c1-11-13(20-9-18-11)7-23-5-3-22(15(16)17)4-6-24-8-14-12(2)19-10-21-14/h9-10H,3-8H2,1-2H3,(H3,16,17)(H,18,20)(H,19,21).